The van der Waals surface area contributed by atoms with E-state index in [1.165, 1.54) is 37.3 Å². The third kappa shape index (κ3) is 7.63. The zero-order valence-corrected chi connectivity index (χ0v) is 23.6. The van der Waals surface area contributed by atoms with E-state index >= 15 is 0 Å². The third-order valence-corrected chi connectivity index (χ3v) is 7.75. The van der Waals surface area contributed by atoms with Crippen LogP contribution in [0.15, 0.2) is 72.8 Å². The summed E-state index contributed by atoms with van der Waals surface area (Å²) < 4.78 is 31.8. The summed E-state index contributed by atoms with van der Waals surface area (Å²) in [5.41, 5.74) is 1.73. The molecule has 3 aromatic rings. The summed E-state index contributed by atoms with van der Waals surface area (Å²) in [6.07, 6.45) is 1.22. The largest absolute Gasteiger partial charge is 0.497 e. The van der Waals surface area contributed by atoms with Crippen LogP contribution in [0.25, 0.3) is 0 Å². The lowest BCUT2D eigenvalue weighted by Crippen LogP contribution is -2.52. The van der Waals surface area contributed by atoms with Crippen molar-refractivity contribution in [1.29, 1.82) is 0 Å². The molecule has 202 valence electrons. The molecule has 3 rings (SSSR count). The SMILES string of the molecule is CNC(=O)[C@@H](Cc1ccccc1)N(Cc1cccc(OC)c1)C(=O)CN(c1ccc(Cl)c(Cl)c1)S(C)(=O)=O. The Morgan fingerprint density at radius 1 is 0.947 bits per heavy atom. The average molecular weight is 579 g/mol. The first kappa shape index (κ1) is 29.3. The Morgan fingerprint density at radius 3 is 2.24 bits per heavy atom. The van der Waals surface area contributed by atoms with Gasteiger partial charge in [-0.1, -0.05) is 65.7 Å². The van der Waals surface area contributed by atoms with Gasteiger partial charge in [-0.3, -0.25) is 13.9 Å². The number of nitrogens with zero attached hydrogens (tertiary/aromatic N) is 2. The number of carbonyl (C=O) groups is 2. The van der Waals surface area contributed by atoms with Crippen LogP contribution < -0.4 is 14.4 Å². The Labute approximate surface area is 233 Å². The second-order valence-electron chi connectivity index (χ2n) is 8.56. The van der Waals surface area contributed by atoms with E-state index in [1.54, 1.807) is 24.3 Å². The van der Waals surface area contributed by atoms with Crippen molar-refractivity contribution in [3.8, 4) is 5.75 Å². The number of hydrogen-bond donors (Lipinski definition) is 1. The van der Waals surface area contributed by atoms with Gasteiger partial charge < -0.3 is 15.0 Å². The van der Waals surface area contributed by atoms with Crippen molar-refractivity contribution >= 4 is 50.7 Å². The number of likely N-dealkylation sites (N-methyl/N-ethyl adjacent to an activating group) is 1. The molecule has 0 saturated carbocycles. The molecule has 0 heterocycles. The molecule has 0 saturated heterocycles. The van der Waals surface area contributed by atoms with Crippen molar-refractivity contribution in [3.05, 3.63) is 94.0 Å². The van der Waals surface area contributed by atoms with Gasteiger partial charge in [-0.15, -0.1) is 0 Å². The van der Waals surface area contributed by atoms with Crippen LogP contribution in [-0.4, -0.2) is 58.1 Å². The number of amides is 2. The maximum absolute atomic E-state index is 13.9. The van der Waals surface area contributed by atoms with E-state index < -0.39 is 28.5 Å². The number of sulfonamides is 1. The summed E-state index contributed by atoms with van der Waals surface area (Å²) in [5.74, 6) is -0.373. The second kappa shape index (κ2) is 13.0. The normalized spacial score (nSPS) is 11.9. The van der Waals surface area contributed by atoms with E-state index in [0.717, 1.165) is 16.1 Å². The van der Waals surface area contributed by atoms with Crippen LogP contribution in [-0.2, 0) is 32.6 Å². The molecule has 0 bridgehead atoms. The zero-order chi connectivity index (χ0) is 27.9. The van der Waals surface area contributed by atoms with Crippen molar-refractivity contribution in [1.82, 2.24) is 10.2 Å². The van der Waals surface area contributed by atoms with Crippen molar-refractivity contribution in [2.45, 2.75) is 19.0 Å². The Balaban J connectivity index is 2.04. The van der Waals surface area contributed by atoms with Gasteiger partial charge in [0.15, 0.2) is 0 Å². The van der Waals surface area contributed by atoms with Gasteiger partial charge >= 0.3 is 0 Å². The fourth-order valence-electron chi connectivity index (χ4n) is 3.94. The predicted molar refractivity (Wildman–Crippen MR) is 150 cm³/mol. The molecule has 8 nitrogen and oxygen atoms in total. The number of hydrogen-bond acceptors (Lipinski definition) is 5. The lowest BCUT2D eigenvalue weighted by molar-refractivity contribution is -0.139. The minimum absolute atomic E-state index is 0.0416. The first-order valence-electron chi connectivity index (χ1n) is 11.6. The van der Waals surface area contributed by atoms with E-state index in [-0.39, 0.29) is 34.6 Å². The molecule has 0 spiro atoms. The Hall–Kier alpha value is -3.27. The summed E-state index contributed by atoms with van der Waals surface area (Å²) in [4.78, 5) is 28.4. The number of benzene rings is 3. The fraction of sp³-hybridized carbons (Fsp3) is 0.259. The topological polar surface area (TPSA) is 96.0 Å². The van der Waals surface area contributed by atoms with Crippen molar-refractivity contribution < 1.29 is 22.7 Å². The fourth-order valence-corrected chi connectivity index (χ4v) is 5.08. The first-order chi connectivity index (χ1) is 18.0. The molecule has 38 heavy (non-hydrogen) atoms. The molecule has 1 atom stereocenters. The Morgan fingerprint density at radius 2 is 1.63 bits per heavy atom. The summed E-state index contributed by atoms with van der Waals surface area (Å²) >= 11 is 12.1. The van der Waals surface area contributed by atoms with Crippen LogP contribution in [0.1, 0.15) is 11.1 Å². The first-order valence-corrected chi connectivity index (χ1v) is 14.2. The van der Waals surface area contributed by atoms with E-state index in [9.17, 15) is 18.0 Å². The predicted octanol–water partition coefficient (Wildman–Crippen LogP) is 4.15. The molecule has 11 heteroatoms. The van der Waals surface area contributed by atoms with Crippen LogP contribution in [0.2, 0.25) is 10.0 Å². The summed E-state index contributed by atoms with van der Waals surface area (Å²) in [6, 6.07) is 19.8. The number of ether oxygens (including phenoxy) is 1. The third-order valence-electron chi connectivity index (χ3n) is 5.87. The van der Waals surface area contributed by atoms with Gasteiger partial charge in [0.1, 0.15) is 18.3 Å². The van der Waals surface area contributed by atoms with Gasteiger partial charge in [-0.05, 0) is 41.5 Å². The average Bonchev–Trinajstić information content (AvgIpc) is 2.90. The molecular weight excluding hydrogens is 549 g/mol. The standard InChI is InChI=1S/C27H29Cl2N3O5S/c1-30-27(34)25(15-19-8-5-4-6-9-19)31(17-20-10-7-11-22(14-20)37-2)26(33)18-32(38(3,35)36)21-12-13-23(28)24(29)16-21/h4-14,16,25H,15,17-18H2,1-3H3,(H,30,34)/t25-/m1/s1. The van der Waals surface area contributed by atoms with Crippen molar-refractivity contribution in [3.63, 3.8) is 0 Å². The maximum atomic E-state index is 13.9. The highest BCUT2D eigenvalue weighted by atomic mass is 35.5. The number of carbonyl (C=O) groups excluding carboxylic acids is 2. The molecule has 0 radical (unpaired) electrons. The van der Waals surface area contributed by atoms with Gasteiger partial charge in [0, 0.05) is 20.0 Å². The molecule has 0 aliphatic carbocycles. The minimum Gasteiger partial charge on any atom is -0.497 e. The maximum Gasteiger partial charge on any atom is 0.244 e. The molecule has 0 unspecified atom stereocenters. The number of anilines is 1. The second-order valence-corrected chi connectivity index (χ2v) is 11.3. The van der Waals surface area contributed by atoms with Crippen LogP contribution in [0.3, 0.4) is 0 Å². The van der Waals surface area contributed by atoms with Gasteiger partial charge in [-0.2, -0.15) is 0 Å². The van der Waals surface area contributed by atoms with Gasteiger partial charge in [0.05, 0.1) is 29.1 Å². The minimum atomic E-state index is -3.91. The highest BCUT2D eigenvalue weighted by Crippen LogP contribution is 2.29. The smallest absolute Gasteiger partial charge is 0.244 e. The van der Waals surface area contributed by atoms with E-state index in [0.29, 0.717) is 11.3 Å². The Bertz CT molecular complexity index is 1390. The molecule has 2 amide bonds. The van der Waals surface area contributed by atoms with Crippen molar-refractivity contribution in [2.24, 2.45) is 0 Å². The summed E-state index contributed by atoms with van der Waals surface area (Å²) in [7, 11) is -0.880. The summed E-state index contributed by atoms with van der Waals surface area (Å²) in [6.45, 7) is -0.511. The molecular formula is C27H29Cl2N3O5S. The van der Waals surface area contributed by atoms with Crippen LogP contribution >= 0.6 is 23.2 Å². The quantitative estimate of drug-likeness (QED) is 0.369. The van der Waals surface area contributed by atoms with Crippen LogP contribution in [0.5, 0.6) is 5.75 Å². The number of rotatable bonds is 11. The van der Waals surface area contributed by atoms with Crippen LogP contribution in [0, 0.1) is 0 Å². The molecule has 3 aromatic carbocycles. The number of methoxy groups -OCH3 is 1. The molecule has 0 aromatic heterocycles. The van der Waals surface area contributed by atoms with E-state index in [4.69, 9.17) is 27.9 Å². The number of halogens is 2. The lowest BCUT2D eigenvalue weighted by atomic mass is 10.0. The molecule has 0 fully saturated rings. The van der Waals surface area contributed by atoms with Gasteiger partial charge in [-0.25, -0.2) is 8.42 Å². The highest BCUT2D eigenvalue weighted by Gasteiger charge is 2.32. The lowest BCUT2D eigenvalue weighted by Gasteiger charge is -2.33. The van der Waals surface area contributed by atoms with Gasteiger partial charge in [0.2, 0.25) is 21.8 Å². The molecule has 0 aliphatic rings. The monoisotopic (exact) mass is 577 g/mol. The van der Waals surface area contributed by atoms with Gasteiger partial charge in [0.25, 0.3) is 0 Å². The molecule has 0 aliphatic heterocycles. The molecule has 1 N–H and O–H groups in total. The van der Waals surface area contributed by atoms with Crippen LogP contribution in [0.4, 0.5) is 5.69 Å². The van der Waals surface area contributed by atoms with Crippen molar-refractivity contribution in [2.75, 3.05) is 31.3 Å². The summed E-state index contributed by atoms with van der Waals surface area (Å²) in [5, 5.41) is 3.03. The zero-order valence-electron chi connectivity index (χ0n) is 21.2. The van der Waals surface area contributed by atoms with E-state index in [2.05, 4.69) is 5.32 Å². The Kier molecular flexibility index (Phi) is 10.0. The number of nitrogens with one attached hydrogen (secondary N) is 1. The highest BCUT2D eigenvalue weighted by molar-refractivity contribution is 7.92. The van der Waals surface area contributed by atoms with E-state index in [1.807, 2.05) is 30.3 Å².